The predicted octanol–water partition coefficient (Wildman–Crippen LogP) is 3.38. The van der Waals surface area contributed by atoms with Gasteiger partial charge in [0.05, 0.1) is 0 Å². The molecular formula is C17H28N2. The van der Waals surface area contributed by atoms with Crippen LogP contribution in [0.25, 0.3) is 0 Å². The minimum atomic E-state index is 0.519. The van der Waals surface area contributed by atoms with Gasteiger partial charge in [0, 0.05) is 18.6 Å². The van der Waals surface area contributed by atoms with E-state index in [2.05, 4.69) is 55.3 Å². The van der Waals surface area contributed by atoms with E-state index in [-0.39, 0.29) is 0 Å². The van der Waals surface area contributed by atoms with Crippen LogP contribution in [0, 0.1) is 0 Å². The maximum atomic E-state index is 3.48. The summed E-state index contributed by atoms with van der Waals surface area (Å²) in [5.74, 6) is 0. The average Bonchev–Trinajstić information content (AvgIpc) is 2.95. The van der Waals surface area contributed by atoms with Crippen LogP contribution in [0.1, 0.15) is 50.8 Å². The van der Waals surface area contributed by atoms with E-state index in [1.165, 1.54) is 36.9 Å². The van der Waals surface area contributed by atoms with Gasteiger partial charge in [-0.2, -0.15) is 0 Å². The molecule has 0 aromatic heterocycles. The Balaban J connectivity index is 2.05. The SMILES string of the molecule is CCCc1ccc(C(C)N(CC)C2CCNC2)cc1. The number of likely N-dealkylation sites (N-methyl/N-ethyl adjacent to an activating group) is 1. The maximum Gasteiger partial charge on any atom is 0.0323 e. The molecule has 0 radical (unpaired) electrons. The lowest BCUT2D eigenvalue weighted by Gasteiger charge is -2.33. The number of benzene rings is 1. The highest BCUT2D eigenvalue weighted by atomic mass is 15.2. The van der Waals surface area contributed by atoms with Crippen LogP contribution in [-0.4, -0.2) is 30.6 Å². The first-order valence-corrected chi connectivity index (χ1v) is 7.81. The van der Waals surface area contributed by atoms with Gasteiger partial charge in [-0.1, -0.05) is 44.5 Å². The van der Waals surface area contributed by atoms with Crippen LogP contribution < -0.4 is 5.32 Å². The molecular weight excluding hydrogens is 232 g/mol. The first-order chi connectivity index (χ1) is 9.26. The molecule has 0 amide bonds. The van der Waals surface area contributed by atoms with Gasteiger partial charge in [0.2, 0.25) is 0 Å². The molecule has 1 N–H and O–H groups in total. The van der Waals surface area contributed by atoms with Crippen LogP contribution in [0.5, 0.6) is 0 Å². The molecule has 2 nitrogen and oxygen atoms in total. The number of hydrogen-bond donors (Lipinski definition) is 1. The van der Waals surface area contributed by atoms with E-state index in [0.717, 1.165) is 13.1 Å². The van der Waals surface area contributed by atoms with Crippen molar-refractivity contribution in [3.8, 4) is 0 Å². The normalized spacial score (nSPS) is 20.9. The van der Waals surface area contributed by atoms with Crippen molar-refractivity contribution < 1.29 is 0 Å². The highest BCUT2D eigenvalue weighted by Gasteiger charge is 2.25. The van der Waals surface area contributed by atoms with E-state index in [9.17, 15) is 0 Å². The summed E-state index contributed by atoms with van der Waals surface area (Å²) < 4.78 is 0. The summed E-state index contributed by atoms with van der Waals surface area (Å²) in [5.41, 5.74) is 2.91. The Morgan fingerprint density at radius 3 is 2.53 bits per heavy atom. The third-order valence-corrected chi connectivity index (χ3v) is 4.37. The monoisotopic (exact) mass is 260 g/mol. The Morgan fingerprint density at radius 1 is 1.26 bits per heavy atom. The second kappa shape index (κ2) is 7.06. The molecule has 0 aliphatic carbocycles. The van der Waals surface area contributed by atoms with Crippen molar-refractivity contribution >= 4 is 0 Å². The van der Waals surface area contributed by atoms with Gasteiger partial charge in [-0.25, -0.2) is 0 Å². The van der Waals surface area contributed by atoms with E-state index in [1.807, 2.05) is 0 Å². The number of nitrogens with zero attached hydrogens (tertiary/aromatic N) is 1. The molecule has 0 saturated carbocycles. The zero-order valence-corrected chi connectivity index (χ0v) is 12.7. The second-order valence-corrected chi connectivity index (χ2v) is 5.64. The molecule has 1 aliphatic rings. The Morgan fingerprint density at radius 2 is 2.00 bits per heavy atom. The number of aryl methyl sites for hydroxylation is 1. The lowest BCUT2D eigenvalue weighted by Crippen LogP contribution is -2.38. The molecule has 106 valence electrons. The Kier molecular flexibility index (Phi) is 5.41. The fraction of sp³-hybridized carbons (Fsp3) is 0.647. The fourth-order valence-corrected chi connectivity index (χ4v) is 3.21. The van der Waals surface area contributed by atoms with Gasteiger partial charge in [0.1, 0.15) is 0 Å². The van der Waals surface area contributed by atoms with Crippen molar-refractivity contribution in [1.29, 1.82) is 0 Å². The van der Waals surface area contributed by atoms with Crippen LogP contribution in [0.4, 0.5) is 0 Å². The Bertz CT molecular complexity index is 365. The van der Waals surface area contributed by atoms with Gasteiger partial charge >= 0.3 is 0 Å². The largest absolute Gasteiger partial charge is 0.315 e. The summed E-state index contributed by atoms with van der Waals surface area (Å²) >= 11 is 0. The van der Waals surface area contributed by atoms with Gasteiger partial charge in [-0.15, -0.1) is 0 Å². The first kappa shape index (κ1) is 14.5. The van der Waals surface area contributed by atoms with E-state index in [0.29, 0.717) is 12.1 Å². The van der Waals surface area contributed by atoms with Crippen LogP contribution in [0.2, 0.25) is 0 Å². The topological polar surface area (TPSA) is 15.3 Å². The molecule has 1 aliphatic heterocycles. The second-order valence-electron chi connectivity index (χ2n) is 5.64. The van der Waals surface area contributed by atoms with Crippen molar-refractivity contribution in [2.45, 2.75) is 52.1 Å². The minimum absolute atomic E-state index is 0.519. The molecule has 2 atom stereocenters. The lowest BCUT2D eigenvalue weighted by atomic mass is 10.0. The highest BCUT2D eigenvalue weighted by molar-refractivity contribution is 5.25. The van der Waals surface area contributed by atoms with Gasteiger partial charge in [-0.05, 0) is 44.0 Å². The quantitative estimate of drug-likeness (QED) is 0.843. The van der Waals surface area contributed by atoms with Crippen molar-refractivity contribution in [3.05, 3.63) is 35.4 Å². The highest BCUT2D eigenvalue weighted by Crippen LogP contribution is 2.25. The van der Waals surface area contributed by atoms with E-state index >= 15 is 0 Å². The molecule has 2 unspecified atom stereocenters. The molecule has 1 aromatic rings. The third-order valence-electron chi connectivity index (χ3n) is 4.37. The van der Waals surface area contributed by atoms with Crippen molar-refractivity contribution in [2.24, 2.45) is 0 Å². The van der Waals surface area contributed by atoms with Gasteiger partial charge in [-0.3, -0.25) is 4.90 Å². The van der Waals surface area contributed by atoms with Crippen LogP contribution in [0.15, 0.2) is 24.3 Å². The first-order valence-electron chi connectivity index (χ1n) is 7.81. The molecule has 1 aromatic carbocycles. The van der Waals surface area contributed by atoms with Crippen LogP contribution in [-0.2, 0) is 6.42 Å². The van der Waals surface area contributed by atoms with Crippen LogP contribution in [0.3, 0.4) is 0 Å². The molecule has 19 heavy (non-hydrogen) atoms. The summed E-state index contributed by atoms with van der Waals surface area (Å²) in [6, 6.07) is 10.5. The van der Waals surface area contributed by atoms with E-state index in [1.54, 1.807) is 0 Å². The number of nitrogens with one attached hydrogen (secondary N) is 1. The molecule has 2 heteroatoms. The van der Waals surface area contributed by atoms with Crippen molar-refractivity contribution in [3.63, 3.8) is 0 Å². The van der Waals surface area contributed by atoms with E-state index in [4.69, 9.17) is 0 Å². The molecule has 1 saturated heterocycles. The van der Waals surface area contributed by atoms with Crippen molar-refractivity contribution in [1.82, 2.24) is 10.2 Å². The molecule has 1 fully saturated rings. The fourth-order valence-electron chi connectivity index (χ4n) is 3.21. The molecule has 0 bridgehead atoms. The van der Waals surface area contributed by atoms with Crippen LogP contribution >= 0.6 is 0 Å². The third kappa shape index (κ3) is 3.58. The van der Waals surface area contributed by atoms with Gasteiger partial charge in [0.25, 0.3) is 0 Å². The molecule has 2 rings (SSSR count). The van der Waals surface area contributed by atoms with Crippen molar-refractivity contribution in [2.75, 3.05) is 19.6 Å². The standard InChI is InChI=1S/C17H28N2/c1-4-6-15-7-9-16(10-8-15)14(3)19(5-2)17-11-12-18-13-17/h7-10,14,17-18H,4-6,11-13H2,1-3H3. The summed E-state index contributed by atoms with van der Waals surface area (Å²) in [7, 11) is 0. The molecule has 1 heterocycles. The Hall–Kier alpha value is -0.860. The smallest absolute Gasteiger partial charge is 0.0323 e. The number of hydrogen-bond acceptors (Lipinski definition) is 2. The zero-order chi connectivity index (χ0) is 13.7. The van der Waals surface area contributed by atoms with E-state index < -0.39 is 0 Å². The number of rotatable bonds is 6. The summed E-state index contributed by atoms with van der Waals surface area (Å²) in [4.78, 5) is 2.63. The van der Waals surface area contributed by atoms with Gasteiger partial charge in [0.15, 0.2) is 0 Å². The maximum absolute atomic E-state index is 3.48. The summed E-state index contributed by atoms with van der Waals surface area (Å²) in [6.07, 6.45) is 3.70. The minimum Gasteiger partial charge on any atom is -0.315 e. The zero-order valence-electron chi connectivity index (χ0n) is 12.7. The predicted molar refractivity (Wildman–Crippen MR) is 82.5 cm³/mol. The average molecular weight is 260 g/mol. The summed E-state index contributed by atoms with van der Waals surface area (Å²) in [6.45, 7) is 10.3. The Labute approximate surface area is 118 Å². The molecule has 0 spiro atoms. The summed E-state index contributed by atoms with van der Waals surface area (Å²) in [5, 5.41) is 3.48. The lowest BCUT2D eigenvalue weighted by molar-refractivity contribution is 0.162. The van der Waals surface area contributed by atoms with Gasteiger partial charge < -0.3 is 5.32 Å².